The van der Waals surface area contributed by atoms with Crippen LogP contribution >= 0.6 is 11.6 Å². The van der Waals surface area contributed by atoms with E-state index in [4.69, 9.17) is 11.6 Å². The molecular formula is C12H17ClN2. The van der Waals surface area contributed by atoms with Gasteiger partial charge in [-0.2, -0.15) is 0 Å². The highest BCUT2D eigenvalue weighted by Gasteiger charge is 2.17. The lowest BCUT2D eigenvalue weighted by molar-refractivity contribution is 0.361. The molecule has 0 amide bonds. The molecule has 3 heteroatoms. The summed E-state index contributed by atoms with van der Waals surface area (Å²) in [5.41, 5.74) is 1.08. The number of hydrogen-bond acceptors (Lipinski definition) is 2. The Labute approximate surface area is 96.1 Å². The average Bonchev–Trinajstić information content (AvgIpc) is 2.25. The van der Waals surface area contributed by atoms with E-state index >= 15 is 0 Å². The summed E-state index contributed by atoms with van der Waals surface area (Å²) in [5, 5.41) is 4.06. The predicted octanol–water partition coefficient (Wildman–Crippen LogP) is 3.73. The zero-order valence-corrected chi connectivity index (χ0v) is 9.80. The molecule has 0 bridgehead atoms. The number of halogens is 1. The van der Waals surface area contributed by atoms with Crippen molar-refractivity contribution in [1.29, 1.82) is 0 Å². The molecule has 1 aliphatic rings. The normalized spacial score (nSPS) is 26.3. The van der Waals surface area contributed by atoms with Gasteiger partial charge in [-0.3, -0.25) is 0 Å². The maximum Gasteiger partial charge on any atom is 0.129 e. The van der Waals surface area contributed by atoms with Crippen molar-refractivity contribution in [2.45, 2.75) is 38.6 Å². The van der Waals surface area contributed by atoms with Crippen LogP contribution in [0.2, 0.25) is 5.15 Å². The standard InChI is InChI=1S/C12H17ClN2/c1-9-2-4-10(5-3-9)15-11-6-7-12(13)14-8-11/h6-10,15H,2-5H2,1H3. The van der Waals surface area contributed by atoms with Gasteiger partial charge in [0.1, 0.15) is 5.15 Å². The summed E-state index contributed by atoms with van der Waals surface area (Å²) in [5.74, 6) is 0.895. The predicted molar refractivity (Wildman–Crippen MR) is 64.3 cm³/mol. The third-order valence-corrected chi connectivity index (χ3v) is 3.34. The van der Waals surface area contributed by atoms with Crippen molar-refractivity contribution in [3.8, 4) is 0 Å². The van der Waals surface area contributed by atoms with Gasteiger partial charge in [0.15, 0.2) is 0 Å². The summed E-state index contributed by atoms with van der Waals surface area (Å²) in [6.45, 7) is 2.33. The van der Waals surface area contributed by atoms with E-state index in [1.165, 1.54) is 25.7 Å². The number of hydrogen-bond donors (Lipinski definition) is 1. The molecule has 0 unspecified atom stereocenters. The molecular weight excluding hydrogens is 208 g/mol. The zero-order valence-electron chi connectivity index (χ0n) is 9.04. The van der Waals surface area contributed by atoms with Gasteiger partial charge in [0.25, 0.3) is 0 Å². The fraction of sp³-hybridized carbons (Fsp3) is 0.583. The van der Waals surface area contributed by atoms with E-state index in [1.54, 1.807) is 6.20 Å². The smallest absolute Gasteiger partial charge is 0.129 e. The van der Waals surface area contributed by atoms with Crippen LogP contribution < -0.4 is 5.32 Å². The molecule has 1 N–H and O–H groups in total. The van der Waals surface area contributed by atoms with E-state index in [-0.39, 0.29) is 0 Å². The molecule has 82 valence electrons. The van der Waals surface area contributed by atoms with Gasteiger partial charge in [0, 0.05) is 6.04 Å². The lowest BCUT2D eigenvalue weighted by Gasteiger charge is -2.27. The minimum Gasteiger partial charge on any atom is -0.381 e. The third-order valence-electron chi connectivity index (χ3n) is 3.11. The first-order valence-corrected chi connectivity index (χ1v) is 6.00. The van der Waals surface area contributed by atoms with Gasteiger partial charge < -0.3 is 5.32 Å². The van der Waals surface area contributed by atoms with Crippen molar-refractivity contribution in [3.05, 3.63) is 23.5 Å². The van der Waals surface area contributed by atoms with Crippen LogP contribution in [0.5, 0.6) is 0 Å². The molecule has 1 aromatic heterocycles. The van der Waals surface area contributed by atoms with Gasteiger partial charge >= 0.3 is 0 Å². The quantitative estimate of drug-likeness (QED) is 0.775. The second-order valence-electron chi connectivity index (χ2n) is 4.47. The Morgan fingerprint density at radius 2 is 2.00 bits per heavy atom. The molecule has 0 aromatic carbocycles. The van der Waals surface area contributed by atoms with E-state index in [0.717, 1.165) is 11.6 Å². The van der Waals surface area contributed by atoms with Gasteiger partial charge in [-0.15, -0.1) is 0 Å². The Kier molecular flexibility index (Phi) is 3.47. The molecule has 0 saturated heterocycles. The van der Waals surface area contributed by atoms with Crippen LogP contribution in [0.3, 0.4) is 0 Å². The molecule has 15 heavy (non-hydrogen) atoms. The minimum atomic E-state index is 0.554. The zero-order chi connectivity index (χ0) is 10.7. The molecule has 2 nitrogen and oxygen atoms in total. The van der Waals surface area contributed by atoms with Crippen LogP contribution in [-0.4, -0.2) is 11.0 Å². The number of rotatable bonds is 2. The van der Waals surface area contributed by atoms with Crippen LogP contribution in [0.25, 0.3) is 0 Å². The van der Waals surface area contributed by atoms with E-state index < -0.39 is 0 Å². The third kappa shape index (κ3) is 3.10. The maximum absolute atomic E-state index is 5.73. The highest BCUT2D eigenvalue weighted by molar-refractivity contribution is 6.29. The molecule has 0 spiro atoms. The molecule has 1 saturated carbocycles. The van der Waals surface area contributed by atoms with Crippen LogP contribution in [-0.2, 0) is 0 Å². The molecule has 1 fully saturated rings. The SMILES string of the molecule is CC1CCC(Nc2ccc(Cl)nc2)CC1. The summed E-state index contributed by atoms with van der Waals surface area (Å²) in [4.78, 5) is 4.06. The van der Waals surface area contributed by atoms with Gasteiger partial charge in [-0.25, -0.2) is 4.98 Å². The molecule has 1 heterocycles. The average molecular weight is 225 g/mol. The number of aromatic nitrogens is 1. The molecule has 0 atom stereocenters. The molecule has 2 rings (SSSR count). The lowest BCUT2D eigenvalue weighted by Crippen LogP contribution is -2.25. The largest absolute Gasteiger partial charge is 0.381 e. The van der Waals surface area contributed by atoms with Gasteiger partial charge in [-0.1, -0.05) is 18.5 Å². The first kappa shape index (κ1) is 10.7. The van der Waals surface area contributed by atoms with Gasteiger partial charge in [-0.05, 0) is 43.7 Å². The second kappa shape index (κ2) is 4.84. The van der Waals surface area contributed by atoms with Crippen LogP contribution in [0.4, 0.5) is 5.69 Å². The highest BCUT2D eigenvalue weighted by atomic mass is 35.5. The molecule has 1 aromatic rings. The summed E-state index contributed by atoms with van der Waals surface area (Å²) in [6, 6.07) is 4.44. The van der Waals surface area contributed by atoms with Gasteiger partial charge in [0.05, 0.1) is 11.9 Å². The van der Waals surface area contributed by atoms with Crippen LogP contribution in [0, 0.1) is 5.92 Å². The minimum absolute atomic E-state index is 0.554. The number of nitrogens with one attached hydrogen (secondary N) is 1. The summed E-state index contributed by atoms with van der Waals surface area (Å²) in [7, 11) is 0. The van der Waals surface area contributed by atoms with E-state index in [9.17, 15) is 0 Å². The number of pyridine rings is 1. The number of anilines is 1. The Morgan fingerprint density at radius 3 is 2.60 bits per heavy atom. The maximum atomic E-state index is 5.73. The molecule has 1 aliphatic carbocycles. The van der Waals surface area contributed by atoms with E-state index in [1.807, 2.05) is 12.1 Å². The molecule has 0 radical (unpaired) electrons. The van der Waals surface area contributed by atoms with Crippen LogP contribution in [0.1, 0.15) is 32.6 Å². The van der Waals surface area contributed by atoms with E-state index in [2.05, 4.69) is 17.2 Å². The Hall–Kier alpha value is -0.760. The topological polar surface area (TPSA) is 24.9 Å². The first-order valence-electron chi connectivity index (χ1n) is 5.62. The van der Waals surface area contributed by atoms with Gasteiger partial charge in [0.2, 0.25) is 0 Å². The van der Waals surface area contributed by atoms with Crippen molar-refractivity contribution in [3.63, 3.8) is 0 Å². The van der Waals surface area contributed by atoms with E-state index in [0.29, 0.717) is 11.2 Å². The fourth-order valence-electron chi connectivity index (χ4n) is 2.10. The summed E-state index contributed by atoms with van der Waals surface area (Å²) < 4.78 is 0. The fourth-order valence-corrected chi connectivity index (χ4v) is 2.21. The highest BCUT2D eigenvalue weighted by Crippen LogP contribution is 2.25. The first-order chi connectivity index (χ1) is 7.24. The Balaban J connectivity index is 1.89. The van der Waals surface area contributed by atoms with Crippen molar-refractivity contribution in [2.75, 3.05) is 5.32 Å². The number of nitrogens with zero attached hydrogens (tertiary/aromatic N) is 1. The Morgan fingerprint density at radius 1 is 1.27 bits per heavy atom. The second-order valence-corrected chi connectivity index (χ2v) is 4.86. The van der Waals surface area contributed by atoms with Crippen molar-refractivity contribution < 1.29 is 0 Å². The summed E-state index contributed by atoms with van der Waals surface area (Å²) >= 11 is 5.73. The summed E-state index contributed by atoms with van der Waals surface area (Å²) in [6.07, 6.45) is 7.01. The monoisotopic (exact) mass is 224 g/mol. The van der Waals surface area contributed by atoms with Crippen molar-refractivity contribution in [1.82, 2.24) is 4.98 Å². The van der Waals surface area contributed by atoms with Crippen molar-refractivity contribution in [2.24, 2.45) is 5.92 Å². The molecule has 0 aliphatic heterocycles. The van der Waals surface area contributed by atoms with Crippen molar-refractivity contribution >= 4 is 17.3 Å². The van der Waals surface area contributed by atoms with Crippen LogP contribution in [0.15, 0.2) is 18.3 Å². The Bertz CT molecular complexity index is 302. The lowest BCUT2D eigenvalue weighted by atomic mass is 9.87.